The third kappa shape index (κ3) is 4.35. The number of aromatic nitrogens is 4. The van der Waals surface area contributed by atoms with Crippen LogP contribution in [0.3, 0.4) is 0 Å². The van der Waals surface area contributed by atoms with Crippen molar-refractivity contribution in [1.29, 1.82) is 0 Å². The standard InChI is InChI=1S/C26H28N6/c1-19-10-8-9-15-23(19)29-24-22-18-28-32(21-13-6-3-7-14-21)25(22)31-26(30-24)27-17-16-20-11-4-2-5-12-20/h3,6-11,13-15,18H,2,4-5,12,16-17H2,1H3,(H2,27,29,30,31). The molecule has 4 aromatic rings. The minimum Gasteiger partial charge on any atom is -0.354 e. The van der Waals surface area contributed by atoms with Crippen molar-refractivity contribution >= 4 is 28.5 Å². The summed E-state index contributed by atoms with van der Waals surface area (Å²) >= 11 is 0. The molecule has 5 rings (SSSR count). The maximum absolute atomic E-state index is 4.84. The van der Waals surface area contributed by atoms with Gasteiger partial charge < -0.3 is 10.6 Å². The van der Waals surface area contributed by atoms with E-state index < -0.39 is 0 Å². The number of anilines is 3. The summed E-state index contributed by atoms with van der Waals surface area (Å²) in [5.74, 6) is 1.37. The number of nitrogens with zero attached hydrogens (tertiary/aromatic N) is 4. The SMILES string of the molecule is Cc1ccccc1Nc1nc(NCCC2=CCCCC2)nc2c1cnn2-c1ccccc1. The molecule has 2 heterocycles. The lowest BCUT2D eigenvalue weighted by atomic mass is 9.97. The van der Waals surface area contributed by atoms with Gasteiger partial charge in [0.1, 0.15) is 5.82 Å². The monoisotopic (exact) mass is 424 g/mol. The fourth-order valence-corrected chi connectivity index (χ4v) is 4.15. The molecule has 2 N–H and O–H groups in total. The summed E-state index contributed by atoms with van der Waals surface area (Å²) in [6, 6.07) is 18.3. The van der Waals surface area contributed by atoms with E-state index in [2.05, 4.69) is 40.9 Å². The highest BCUT2D eigenvalue weighted by molar-refractivity contribution is 5.90. The molecular weight excluding hydrogens is 396 g/mol. The summed E-state index contributed by atoms with van der Waals surface area (Å²) in [4.78, 5) is 9.66. The Morgan fingerprint density at radius 1 is 0.969 bits per heavy atom. The topological polar surface area (TPSA) is 67.7 Å². The first kappa shape index (κ1) is 20.2. The van der Waals surface area contributed by atoms with E-state index in [1.165, 1.54) is 31.3 Å². The number of nitrogens with one attached hydrogen (secondary N) is 2. The van der Waals surface area contributed by atoms with Crippen LogP contribution in [0.25, 0.3) is 16.7 Å². The maximum Gasteiger partial charge on any atom is 0.226 e. The molecule has 6 heteroatoms. The Balaban J connectivity index is 1.49. The van der Waals surface area contributed by atoms with Crippen molar-refractivity contribution in [2.75, 3.05) is 17.2 Å². The molecule has 1 aliphatic carbocycles. The number of aryl methyl sites for hydroxylation is 1. The van der Waals surface area contributed by atoms with E-state index in [-0.39, 0.29) is 0 Å². The molecule has 2 aromatic heterocycles. The fourth-order valence-electron chi connectivity index (χ4n) is 4.15. The number of allylic oxidation sites excluding steroid dienone is 1. The molecule has 0 radical (unpaired) electrons. The maximum atomic E-state index is 4.84. The normalized spacial score (nSPS) is 13.7. The van der Waals surface area contributed by atoms with Gasteiger partial charge in [0.25, 0.3) is 0 Å². The van der Waals surface area contributed by atoms with Crippen LogP contribution in [0, 0.1) is 6.92 Å². The average Bonchev–Trinajstić information content (AvgIpc) is 3.26. The van der Waals surface area contributed by atoms with Crippen LogP contribution in [-0.4, -0.2) is 26.3 Å². The highest BCUT2D eigenvalue weighted by Gasteiger charge is 2.15. The van der Waals surface area contributed by atoms with Gasteiger partial charge >= 0.3 is 0 Å². The highest BCUT2D eigenvalue weighted by atomic mass is 15.3. The van der Waals surface area contributed by atoms with Gasteiger partial charge in [0.2, 0.25) is 5.95 Å². The minimum atomic E-state index is 0.614. The summed E-state index contributed by atoms with van der Waals surface area (Å²) in [5.41, 5.74) is 5.48. The Bertz CT molecular complexity index is 1240. The molecule has 0 fully saturated rings. The molecule has 32 heavy (non-hydrogen) atoms. The molecule has 1 aliphatic rings. The first-order chi connectivity index (χ1) is 15.8. The lowest BCUT2D eigenvalue weighted by Gasteiger charge is -2.14. The first-order valence-corrected chi connectivity index (χ1v) is 11.3. The predicted octanol–water partition coefficient (Wildman–Crippen LogP) is 6.17. The molecule has 0 atom stereocenters. The summed E-state index contributed by atoms with van der Waals surface area (Å²) in [6.07, 6.45) is 10.3. The Morgan fingerprint density at radius 3 is 2.62 bits per heavy atom. The minimum absolute atomic E-state index is 0.614. The van der Waals surface area contributed by atoms with Crippen LogP contribution in [0.15, 0.2) is 72.4 Å². The van der Waals surface area contributed by atoms with Crippen LogP contribution in [0.5, 0.6) is 0 Å². The number of hydrogen-bond acceptors (Lipinski definition) is 5. The smallest absolute Gasteiger partial charge is 0.226 e. The van der Waals surface area contributed by atoms with Crippen molar-refractivity contribution in [1.82, 2.24) is 19.7 Å². The van der Waals surface area contributed by atoms with Gasteiger partial charge in [-0.15, -0.1) is 0 Å². The quantitative estimate of drug-likeness (QED) is 0.347. The molecular formula is C26H28N6. The summed E-state index contributed by atoms with van der Waals surface area (Å²) in [6.45, 7) is 2.91. The van der Waals surface area contributed by atoms with Gasteiger partial charge in [0, 0.05) is 12.2 Å². The van der Waals surface area contributed by atoms with E-state index in [1.807, 2.05) is 53.3 Å². The van der Waals surface area contributed by atoms with Crippen LogP contribution in [0.4, 0.5) is 17.5 Å². The van der Waals surface area contributed by atoms with Crippen molar-refractivity contribution in [2.45, 2.75) is 39.0 Å². The van der Waals surface area contributed by atoms with Crippen molar-refractivity contribution < 1.29 is 0 Å². The van der Waals surface area contributed by atoms with E-state index in [4.69, 9.17) is 9.97 Å². The highest BCUT2D eigenvalue weighted by Crippen LogP contribution is 2.28. The van der Waals surface area contributed by atoms with Crippen LogP contribution >= 0.6 is 0 Å². The van der Waals surface area contributed by atoms with E-state index in [1.54, 1.807) is 0 Å². The van der Waals surface area contributed by atoms with Crippen molar-refractivity contribution in [3.8, 4) is 5.69 Å². The van der Waals surface area contributed by atoms with E-state index in [0.717, 1.165) is 46.8 Å². The number of rotatable bonds is 7. The van der Waals surface area contributed by atoms with Gasteiger partial charge in [0.15, 0.2) is 5.65 Å². The summed E-state index contributed by atoms with van der Waals surface area (Å²) in [7, 11) is 0. The molecule has 0 amide bonds. The molecule has 0 unspecified atom stereocenters. The van der Waals surface area contributed by atoms with Crippen LogP contribution in [-0.2, 0) is 0 Å². The van der Waals surface area contributed by atoms with Gasteiger partial charge in [-0.05, 0) is 62.8 Å². The van der Waals surface area contributed by atoms with Crippen LogP contribution < -0.4 is 10.6 Å². The van der Waals surface area contributed by atoms with E-state index in [0.29, 0.717) is 5.95 Å². The van der Waals surface area contributed by atoms with Crippen molar-refractivity contribution in [2.24, 2.45) is 0 Å². The van der Waals surface area contributed by atoms with Gasteiger partial charge in [-0.25, -0.2) is 4.68 Å². The molecule has 162 valence electrons. The molecule has 0 aliphatic heterocycles. The molecule has 6 nitrogen and oxygen atoms in total. The zero-order valence-electron chi connectivity index (χ0n) is 18.4. The van der Waals surface area contributed by atoms with Crippen molar-refractivity contribution in [3.05, 3.63) is 78.0 Å². The molecule has 0 saturated heterocycles. The van der Waals surface area contributed by atoms with E-state index in [9.17, 15) is 0 Å². The van der Waals surface area contributed by atoms with Gasteiger partial charge in [-0.1, -0.05) is 48.0 Å². The lowest BCUT2D eigenvalue weighted by molar-refractivity contribution is 0.679. The third-order valence-corrected chi connectivity index (χ3v) is 5.94. The lowest BCUT2D eigenvalue weighted by Crippen LogP contribution is -2.10. The Kier molecular flexibility index (Phi) is 5.83. The number of para-hydroxylation sites is 2. The molecule has 0 spiro atoms. The van der Waals surface area contributed by atoms with Gasteiger partial charge in [0.05, 0.1) is 17.3 Å². The Morgan fingerprint density at radius 2 is 1.81 bits per heavy atom. The largest absolute Gasteiger partial charge is 0.354 e. The molecule has 0 bridgehead atoms. The number of benzene rings is 2. The fraction of sp³-hybridized carbons (Fsp3) is 0.269. The van der Waals surface area contributed by atoms with Crippen LogP contribution in [0.2, 0.25) is 0 Å². The second-order valence-electron chi connectivity index (χ2n) is 8.25. The Hall–Kier alpha value is -3.67. The van der Waals surface area contributed by atoms with Crippen LogP contribution in [0.1, 0.15) is 37.7 Å². The Labute approximate surface area is 188 Å². The number of fused-ring (bicyclic) bond motifs is 1. The van der Waals surface area contributed by atoms with Gasteiger partial charge in [-0.3, -0.25) is 0 Å². The van der Waals surface area contributed by atoms with Crippen molar-refractivity contribution in [3.63, 3.8) is 0 Å². The third-order valence-electron chi connectivity index (χ3n) is 5.94. The second-order valence-corrected chi connectivity index (χ2v) is 8.25. The average molecular weight is 425 g/mol. The summed E-state index contributed by atoms with van der Waals surface area (Å²) in [5, 5.41) is 12.5. The zero-order chi connectivity index (χ0) is 21.8. The first-order valence-electron chi connectivity index (χ1n) is 11.3. The predicted molar refractivity (Wildman–Crippen MR) is 131 cm³/mol. The number of hydrogen-bond donors (Lipinski definition) is 2. The molecule has 2 aromatic carbocycles. The molecule has 0 saturated carbocycles. The van der Waals surface area contributed by atoms with Gasteiger partial charge in [-0.2, -0.15) is 15.1 Å². The summed E-state index contributed by atoms with van der Waals surface area (Å²) < 4.78 is 1.87. The second kappa shape index (κ2) is 9.22. The zero-order valence-corrected chi connectivity index (χ0v) is 18.4. The van der Waals surface area contributed by atoms with E-state index >= 15 is 0 Å².